The Morgan fingerprint density at radius 3 is 2.40 bits per heavy atom. The summed E-state index contributed by atoms with van der Waals surface area (Å²) < 4.78 is 0. The number of ketones is 1. The summed E-state index contributed by atoms with van der Waals surface area (Å²) in [6.45, 7) is 0.221. The van der Waals surface area contributed by atoms with Crippen molar-refractivity contribution in [3.63, 3.8) is 0 Å². The number of para-hydroxylation sites is 2. The van der Waals surface area contributed by atoms with Crippen LogP contribution < -0.4 is 16.0 Å². The summed E-state index contributed by atoms with van der Waals surface area (Å²) in [7, 11) is 0. The number of nitrogens with zero attached hydrogens (tertiary/aromatic N) is 2. The summed E-state index contributed by atoms with van der Waals surface area (Å²) >= 11 is 0. The van der Waals surface area contributed by atoms with Crippen molar-refractivity contribution >= 4 is 34.9 Å². The highest BCUT2D eigenvalue weighted by molar-refractivity contribution is 6.05. The summed E-state index contributed by atoms with van der Waals surface area (Å²) in [5.41, 5.74) is 6.76. The van der Waals surface area contributed by atoms with Crippen LogP contribution in [0.2, 0.25) is 0 Å². The van der Waals surface area contributed by atoms with Crippen LogP contribution in [0, 0.1) is 0 Å². The van der Waals surface area contributed by atoms with E-state index in [4.69, 9.17) is 5.73 Å². The second-order valence-electron chi connectivity index (χ2n) is 7.02. The zero-order valence-electron chi connectivity index (χ0n) is 16.5. The van der Waals surface area contributed by atoms with Crippen molar-refractivity contribution in [2.45, 2.75) is 12.8 Å². The fraction of sp³-hybridized carbons (Fsp3) is 0.273. The number of nitrogens with one attached hydrogen (secondary N) is 1. The van der Waals surface area contributed by atoms with Crippen LogP contribution in [0.25, 0.3) is 0 Å². The first-order chi connectivity index (χ1) is 14.5. The molecule has 8 heteroatoms. The quantitative estimate of drug-likeness (QED) is 0.610. The van der Waals surface area contributed by atoms with Gasteiger partial charge in [0, 0.05) is 29.9 Å². The maximum atomic E-state index is 12.8. The first kappa shape index (κ1) is 21.0. The average Bonchev–Trinajstić information content (AvgIpc) is 3.15. The number of primary amides is 1. The molecule has 30 heavy (non-hydrogen) atoms. The fourth-order valence-electron chi connectivity index (χ4n) is 3.36. The smallest absolute Gasteiger partial charge is 0.246 e. The lowest BCUT2D eigenvalue weighted by atomic mass is 10.1. The van der Waals surface area contributed by atoms with Crippen LogP contribution in [-0.4, -0.2) is 54.6 Å². The zero-order chi connectivity index (χ0) is 21.5. The molecule has 0 radical (unpaired) electrons. The summed E-state index contributed by atoms with van der Waals surface area (Å²) in [4.78, 5) is 51.6. The lowest BCUT2D eigenvalue weighted by Gasteiger charge is -2.22. The number of likely N-dealkylation sites (tertiary alicyclic amines) is 1. The Morgan fingerprint density at radius 2 is 1.73 bits per heavy atom. The van der Waals surface area contributed by atoms with E-state index in [9.17, 15) is 19.2 Å². The highest BCUT2D eigenvalue weighted by Gasteiger charge is 2.24. The molecule has 0 bridgehead atoms. The Morgan fingerprint density at radius 1 is 1.03 bits per heavy atom. The molecule has 2 aromatic rings. The van der Waals surface area contributed by atoms with Gasteiger partial charge in [0.2, 0.25) is 17.7 Å². The molecule has 1 aliphatic heterocycles. The highest BCUT2D eigenvalue weighted by Crippen LogP contribution is 2.19. The zero-order valence-corrected chi connectivity index (χ0v) is 16.5. The van der Waals surface area contributed by atoms with Crippen molar-refractivity contribution in [3.8, 4) is 0 Å². The van der Waals surface area contributed by atoms with Gasteiger partial charge < -0.3 is 20.9 Å². The molecule has 0 saturated carbocycles. The van der Waals surface area contributed by atoms with Gasteiger partial charge in [-0.25, -0.2) is 0 Å². The molecule has 0 atom stereocenters. The normalized spacial score (nSPS) is 13.2. The second kappa shape index (κ2) is 9.69. The average molecular weight is 408 g/mol. The molecular weight excluding hydrogens is 384 g/mol. The lowest BCUT2D eigenvalue weighted by Crippen LogP contribution is -2.41. The van der Waals surface area contributed by atoms with Gasteiger partial charge in [0.05, 0.1) is 13.1 Å². The molecule has 3 N–H and O–H groups in total. The Bertz CT molecular complexity index is 945. The summed E-state index contributed by atoms with van der Waals surface area (Å²) in [6.07, 6.45) is 1.23. The Labute approximate surface area is 174 Å². The standard InChI is InChI=1S/C22H24N4O4/c23-20(28)15-26(16-7-2-1-3-8-16)22(30)13-24-18-10-5-4-9-17(18)19(27)14-25-12-6-11-21(25)29/h1-5,7-10,24H,6,11-15H2,(H2,23,28). The summed E-state index contributed by atoms with van der Waals surface area (Å²) in [5.74, 6) is -1.21. The minimum absolute atomic E-state index is 0.0172. The van der Waals surface area contributed by atoms with E-state index >= 15 is 0 Å². The van der Waals surface area contributed by atoms with Crippen LogP contribution in [0.4, 0.5) is 11.4 Å². The van der Waals surface area contributed by atoms with Gasteiger partial charge in [-0.05, 0) is 30.7 Å². The van der Waals surface area contributed by atoms with Gasteiger partial charge in [-0.2, -0.15) is 0 Å². The van der Waals surface area contributed by atoms with E-state index in [0.717, 1.165) is 6.42 Å². The van der Waals surface area contributed by atoms with Gasteiger partial charge in [-0.3, -0.25) is 19.2 Å². The molecule has 1 heterocycles. The van der Waals surface area contributed by atoms with Gasteiger partial charge in [0.15, 0.2) is 5.78 Å². The number of hydrogen-bond donors (Lipinski definition) is 2. The van der Waals surface area contributed by atoms with E-state index in [2.05, 4.69) is 5.32 Å². The largest absolute Gasteiger partial charge is 0.376 e. The number of carbonyl (C=O) groups excluding carboxylic acids is 4. The van der Waals surface area contributed by atoms with Crippen molar-refractivity contribution in [2.24, 2.45) is 5.73 Å². The molecule has 0 aromatic heterocycles. The van der Waals surface area contributed by atoms with Crippen molar-refractivity contribution < 1.29 is 19.2 Å². The van der Waals surface area contributed by atoms with E-state index in [1.54, 1.807) is 53.4 Å². The van der Waals surface area contributed by atoms with Gasteiger partial charge in [0.25, 0.3) is 0 Å². The fourth-order valence-corrected chi connectivity index (χ4v) is 3.36. The van der Waals surface area contributed by atoms with Crippen molar-refractivity contribution in [1.29, 1.82) is 0 Å². The highest BCUT2D eigenvalue weighted by atomic mass is 16.2. The second-order valence-corrected chi connectivity index (χ2v) is 7.02. The van der Waals surface area contributed by atoms with Crippen LogP contribution in [0.1, 0.15) is 23.2 Å². The molecule has 3 rings (SSSR count). The number of hydrogen-bond acceptors (Lipinski definition) is 5. The molecule has 1 aliphatic rings. The monoisotopic (exact) mass is 408 g/mol. The van der Waals surface area contributed by atoms with Crippen molar-refractivity contribution in [3.05, 3.63) is 60.2 Å². The van der Waals surface area contributed by atoms with E-state index in [0.29, 0.717) is 29.9 Å². The molecule has 1 saturated heterocycles. The first-order valence-corrected chi connectivity index (χ1v) is 9.73. The number of Topliss-reactive ketones (excluding diaryl/α,β-unsaturated/α-hetero) is 1. The summed E-state index contributed by atoms with van der Waals surface area (Å²) in [5, 5.41) is 2.99. The molecule has 0 unspecified atom stereocenters. The molecule has 1 fully saturated rings. The molecule has 0 aliphatic carbocycles. The van der Waals surface area contributed by atoms with Gasteiger partial charge in [0.1, 0.15) is 6.54 Å². The number of anilines is 2. The van der Waals surface area contributed by atoms with Crippen LogP contribution >= 0.6 is 0 Å². The minimum atomic E-state index is -0.627. The molecule has 0 spiro atoms. The third-order valence-corrected chi connectivity index (χ3v) is 4.85. The lowest BCUT2D eigenvalue weighted by molar-refractivity contribution is -0.127. The predicted octanol–water partition coefficient (Wildman–Crippen LogP) is 1.42. The van der Waals surface area contributed by atoms with Crippen LogP contribution in [0.3, 0.4) is 0 Å². The third-order valence-electron chi connectivity index (χ3n) is 4.85. The molecule has 2 aromatic carbocycles. The maximum absolute atomic E-state index is 12.8. The summed E-state index contributed by atoms with van der Waals surface area (Å²) in [6, 6.07) is 15.6. The van der Waals surface area contributed by atoms with E-state index < -0.39 is 5.91 Å². The third kappa shape index (κ3) is 5.22. The molecular formula is C22H24N4O4. The van der Waals surface area contributed by atoms with Gasteiger partial charge in [-0.15, -0.1) is 0 Å². The minimum Gasteiger partial charge on any atom is -0.376 e. The van der Waals surface area contributed by atoms with E-state index in [-0.39, 0.29) is 37.2 Å². The Balaban J connectivity index is 1.70. The number of carbonyl (C=O) groups is 4. The Hall–Kier alpha value is -3.68. The van der Waals surface area contributed by atoms with Crippen LogP contribution in [-0.2, 0) is 14.4 Å². The Kier molecular flexibility index (Phi) is 6.79. The number of amides is 3. The van der Waals surface area contributed by atoms with Gasteiger partial charge in [-0.1, -0.05) is 30.3 Å². The van der Waals surface area contributed by atoms with E-state index in [1.165, 1.54) is 4.90 Å². The first-order valence-electron chi connectivity index (χ1n) is 9.73. The SMILES string of the molecule is NC(=O)CN(C(=O)CNc1ccccc1C(=O)CN1CCCC1=O)c1ccccc1. The number of nitrogens with two attached hydrogens (primary N) is 1. The molecule has 8 nitrogen and oxygen atoms in total. The predicted molar refractivity (Wildman–Crippen MR) is 113 cm³/mol. The number of benzene rings is 2. The molecule has 156 valence electrons. The van der Waals surface area contributed by atoms with E-state index in [1.807, 2.05) is 6.07 Å². The van der Waals surface area contributed by atoms with Gasteiger partial charge >= 0.3 is 0 Å². The van der Waals surface area contributed by atoms with Crippen molar-refractivity contribution in [2.75, 3.05) is 36.4 Å². The maximum Gasteiger partial charge on any atom is 0.246 e. The van der Waals surface area contributed by atoms with Crippen molar-refractivity contribution in [1.82, 2.24) is 4.90 Å². The van der Waals surface area contributed by atoms with Crippen LogP contribution in [0.5, 0.6) is 0 Å². The van der Waals surface area contributed by atoms with Crippen LogP contribution in [0.15, 0.2) is 54.6 Å². The molecule has 3 amide bonds. The number of rotatable bonds is 9. The topological polar surface area (TPSA) is 113 Å².